The summed E-state index contributed by atoms with van der Waals surface area (Å²) in [7, 11) is 0. The Morgan fingerprint density at radius 2 is 2.05 bits per heavy atom. The first-order valence-electron chi connectivity index (χ1n) is 6.01. The minimum atomic E-state index is -1.21. The van der Waals surface area contributed by atoms with E-state index < -0.39 is 22.2 Å². The molecular weight excluding hydrogens is 268 g/mol. The Balaban J connectivity index is 2.85. The van der Waals surface area contributed by atoms with Crippen LogP contribution in [0.15, 0.2) is 12.1 Å². The van der Waals surface area contributed by atoms with Crippen LogP contribution in [0.25, 0.3) is 0 Å². The fourth-order valence-corrected chi connectivity index (χ4v) is 1.63. The minimum Gasteiger partial charge on any atom is -0.382 e. The number of hydrogen-bond donors (Lipinski definition) is 1. The van der Waals surface area contributed by atoms with Gasteiger partial charge >= 0.3 is 5.69 Å². The van der Waals surface area contributed by atoms with Gasteiger partial charge in [-0.1, -0.05) is 13.8 Å². The van der Waals surface area contributed by atoms with Gasteiger partial charge in [-0.3, -0.25) is 10.1 Å². The molecule has 0 amide bonds. The Bertz CT molecular complexity index is 553. The highest BCUT2D eigenvalue weighted by molar-refractivity contribution is 5.53. The maximum absolute atomic E-state index is 13.5. The third kappa shape index (κ3) is 4.16. The molecule has 1 aromatic carbocycles. The Labute approximate surface area is 115 Å². The molecule has 0 aromatic heterocycles. The number of nitro groups is 1. The van der Waals surface area contributed by atoms with Crippen molar-refractivity contribution in [1.29, 1.82) is 5.26 Å². The summed E-state index contributed by atoms with van der Waals surface area (Å²) in [6.45, 7) is 4.08. The first-order valence-corrected chi connectivity index (χ1v) is 6.01. The summed E-state index contributed by atoms with van der Waals surface area (Å²) in [6, 6.07) is 3.35. The highest BCUT2D eigenvalue weighted by atomic mass is 19.1. The van der Waals surface area contributed by atoms with Gasteiger partial charge in [-0.15, -0.1) is 0 Å². The van der Waals surface area contributed by atoms with Crippen LogP contribution in [0.5, 0.6) is 0 Å². The molecule has 0 saturated carbocycles. The van der Waals surface area contributed by atoms with Crippen molar-refractivity contribution in [2.24, 2.45) is 5.41 Å². The lowest BCUT2D eigenvalue weighted by molar-refractivity contribution is -0.387. The van der Waals surface area contributed by atoms with Gasteiger partial charge in [-0.2, -0.15) is 9.65 Å². The predicted octanol–water partition coefficient (Wildman–Crippen LogP) is 3.61. The number of hydrogen-bond acceptors (Lipinski definition) is 4. The van der Waals surface area contributed by atoms with E-state index in [1.54, 1.807) is 0 Å². The maximum Gasteiger partial charge on any atom is 0.307 e. The highest BCUT2D eigenvalue weighted by Gasteiger charge is 2.21. The SMILES string of the molecule is CC(C)(CCC#N)CNc1cc([N+](=O)[O-])c(F)cc1F. The van der Waals surface area contributed by atoms with E-state index in [0.717, 1.165) is 6.07 Å². The summed E-state index contributed by atoms with van der Waals surface area (Å²) in [5.74, 6) is -2.09. The Kier molecular flexibility index (Phi) is 4.97. The molecule has 1 N–H and O–H groups in total. The van der Waals surface area contributed by atoms with Crippen LogP contribution in [0.3, 0.4) is 0 Å². The molecule has 20 heavy (non-hydrogen) atoms. The molecule has 7 heteroatoms. The van der Waals surface area contributed by atoms with Crippen LogP contribution in [0, 0.1) is 38.5 Å². The molecule has 0 fully saturated rings. The van der Waals surface area contributed by atoms with Crippen LogP contribution in [0.1, 0.15) is 26.7 Å². The molecular formula is C13H15F2N3O2. The molecule has 0 heterocycles. The van der Waals surface area contributed by atoms with Gasteiger partial charge < -0.3 is 5.32 Å². The zero-order chi connectivity index (χ0) is 15.3. The smallest absolute Gasteiger partial charge is 0.307 e. The van der Waals surface area contributed by atoms with Crippen molar-refractivity contribution in [3.63, 3.8) is 0 Å². The number of halogens is 2. The van der Waals surface area contributed by atoms with Crippen LogP contribution in [0.4, 0.5) is 20.2 Å². The van der Waals surface area contributed by atoms with E-state index in [1.165, 1.54) is 0 Å². The van der Waals surface area contributed by atoms with Gasteiger partial charge in [0, 0.05) is 25.1 Å². The monoisotopic (exact) mass is 283 g/mol. The second-order valence-corrected chi connectivity index (χ2v) is 5.22. The van der Waals surface area contributed by atoms with Crippen molar-refractivity contribution in [2.75, 3.05) is 11.9 Å². The molecule has 0 aliphatic carbocycles. The predicted molar refractivity (Wildman–Crippen MR) is 70.1 cm³/mol. The molecule has 0 bridgehead atoms. The van der Waals surface area contributed by atoms with E-state index in [4.69, 9.17) is 5.26 Å². The van der Waals surface area contributed by atoms with Gasteiger partial charge in [0.15, 0.2) is 0 Å². The second kappa shape index (κ2) is 6.28. The Morgan fingerprint density at radius 3 is 2.60 bits per heavy atom. The zero-order valence-corrected chi connectivity index (χ0v) is 11.2. The Hall–Kier alpha value is -2.23. The van der Waals surface area contributed by atoms with Crippen molar-refractivity contribution in [3.8, 4) is 6.07 Å². The van der Waals surface area contributed by atoms with Gasteiger partial charge in [-0.05, 0) is 11.8 Å². The third-order valence-electron chi connectivity index (χ3n) is 2.90. The Morgan fingerprint density at radius 1 is 1.40 bits per heavy atom. The van der Waals surface area contributed by atoms with Crippen molar-refractivity contribution in [3.05, 3.63) is 33.9 Å². The van der Waals surface area contributed by atoms with Crippen molar-refractivity contribution in [1.82, 2.24) is 0 Å². The van der Waals surface area contributed by atoms with Crippen LogP contribution in [-0.4, -0.2) is 11.5 Å². The minimum absolute atomic E-state index is 0.122. The highest BCUT2D eigenvalue weighted by Crippen LogP contribution is 2.27. The quantitative estimate of drug-likeness (QED) is 0.638. The molecule has 0 spiro atoms. The van der Waals surface area contributed by atoms with E-state index in [1.807, 2.05) is 19.9 Å². The van der Waals surface area contributed by atoms with Gasteiger partial charge in [-0.25, -0.2) is 4.39 Å². The van der Waals surface area contributed by atoms with E-state index >= 15 is 0 Å². The van der Waals surface area contributed by atoms with E-state index in [9.17, 15) is 18.9 Å². The van der Waals surface area contributed by atoms with Crippen LogP contribution >= 0.6 is 0 Å². The third-order valence-corrected chi connectivity index (χ3v) is 2.90. The average molecular weight is 283 g/mol. The molecule has 0 unspecified atom stereocenters. The largest absolute Gasteiger partial charge is 0.382 e. The fraction of sp³-hybridized carbons (Fsp3) is 0.462. The van der Waals surface area contributed by atoms with Crippen molar-refractivity contribution >= 4 is 11.4 Å². The lowest BCUT2D eigenvalue weighted by Crippen LogP contribution is -2.23. The normalized spacial score (nSPS) is 10.9. The molecule has 0 aliphatic rings. The summed E-state index contributed by atoms with van der Waals surface area (Å²) >= 11 is 0. The van der Waals surface area contributed by atoms with Gasteiger partial charge in [0.2, 0.25) is 5.82 Å². The number of benzene rings is 1. The molecule has 108 valence electrons. The fourth-order valence-electron chi connectivity index (χ4n) is 1.63. The summed E-state index contributed by atoms with van der Waals surface area (Å²) in [4.78, 5) is 9.71. The van der Waals surface area contributed by atoms with Crippen LogP contribution in [-0.2, 0) is 0 Å². The first kappa shape index (κ1) is 15.8. The molecule has 0 saturated heterocycles. The summed E-state index contributed by atoms with van der Waals surface area (Å²) in [5.41, 5.74) is -1.18. The molecule has 0 aliphatic heterocycles. The van der Waals surface area contributed by atoms with Crippen molar-refractivity contribution < 1.29 is 13.7 Å². The molecule has 0 atom stereocenters. The molecule has 0 radical (unpaired) electrons. The summed E-state index contributed by atoms with van der Waals surface area (Å²) in [5, 5.41) is 21.9. The number of nitriles is 1. The number of rotatable bonds is 6. The van der Waals surface area contributed by atoms with Crippen LogP contribution in [0.2, 0.25) is 0 Å². The lowest BCUT2D eigenvalue weighted by atomic mass is 9.88. The van der Waals surface area contributed by atoms with Gasteiger partial charge in [0.1, 0.15) is 5.82 Å². The van der Waals surface area contributed by atoms with E-state index in [-0.39, 0.29) is 11.1 Å². The van der Waals surface area contributed by atoms with Crippen LogP contribution < -0.4 is 5.32 Å². The van der Waals surface area contributed by atoms with Gasteiger partial charge in [0.25, 0.3) is 0 Å². The number of nitrogens with zero attached hydrogens (tertiary/aromatic N) is 2. The number of nitro benzene ring substituents is 1. The summed E-state index contributed by atoms with van der Waals surface area (Å²) in [6.07, 6.45) is 0.960. The number of anilines is 1. The standard InChI is InChI=1S/C13H15F2N3O2/c1-13(2,4-3-5-16)8-17-11-7-12(18(19)20)10(15)6-9(11)14/h6-7,17H,3-4,8H2,1-2H3. The maximum atomic E-state index is 13.5. The molecule has 1 aromatic rings. The van der Waals surface area contributed by atoms with Gasteiger partial charge in [0.05, 0.1) is 16.7 Å². The molecule has 1 rings (SSSR count). The topological polar surface area (TPSA) is 79.0 Å². The zero-order valence-electron chi connectivity index (χ0n) is 11.2. The second-order valence-electron chi connectivity index (χ2n) is 5.22. The van der Waals surface area contributed by atoms with E-state index in [2.05, 4.69) is 5.32 Å². The first-order chi connectivity index (χ1) is 9.26. The van der Waals surface area contributed by atoms with Crippen molar-refractivity contribution in [2.45, 2.75) is 26.7 Å². The molecule has 5 nitrogen and oxygen atoms in total. The number of nitrogens with one attached hydrogen (secondary N) is 1. The lowest BCUT2D eigenvalue weighted by Gasteiger charge is -2.24. The summed E-state index contributed by atoms with van der Waals surface area (Å²) < 4.78 is 26.7. The average Bonchev–Trinajstić information content (AvgIpc) is 2.35. The van der Waals surface area contributed by atoms with E-state index in [0.29, 0.717) is 25.5 Å².